The lowest BCUT2D eigenvalue weighted by molar-refractivity contribution is -0.139. The van der Waals surface area contributed by atoms with Crippen molar-refractivity contribution in [3.05, 3.63) is 68.4 Å². The third kappa shape index (κ3) is 6.27. The van der Waals surface area contributed by atoms with E-state index in [1.807, 2.05) is 16.5 Å². The number of nitrogens with zero attached hydrogens (tertiary/aromatic N) is 7. The summed E-state index contributed by atoms with van der Waals surface area (Å²) < 4.78 is 71.0. The van der Waals surface area contributed by atoms with Gasteiger partial charge in [0.2, 0.25) is 0 Å². The number of fused-ring (bicyclic) bond motifs is 3. The summed E-state index contributed by atoms with van der Waals surface area (Å²) in [4.78, 5) is 29.3. The number of rotatable bonds is 6. The van der Waals surface area contributed by atoms with E-state index in [2.05, 4.69) is 9.80 Å². The van der Waals surface area contributed by atoms with Crippen LogP contribution < -0.4 is 15.4 Å². The molecule has 0 spiro atoms. The number of benzene rings is 1. The van der Waals surface area contributed by atoms with E-state index in [1.165, 1.54) is 6.07 Å². The lowest BCUT2D eigenvalue weighted by atomic mass is 9.94. The summed E-state index contributed by atoms with van der Waals surface area (Å²) in [6.07, 6.45) is -0.0922. The van der Waals surface area contributed by atoms with Gasteiger partial charge < -0.3 is 25.0 Å². The fraction of sp³-hybridized carbons (Fsp3) is 0.556. The van der Waals surface area contributed by atoms with Gasteiger partial charge in [0.05, 0.1) is 53.1 Å². The van der Waals surface area contributed by atoms with Crippen molar-refractivity contribution in [2.75, 3.05) is 50.0 Å². The van der Waals surface area contributed by atoms with Crippen LogP contribution in [0.4, 0.5) is 29.1 Å². The summed E-state index contributed by atoms with van der Waals surface area (Å²) in [5, 5.41) is 4.26. The first-order valence-electron chi connectivity index (χ1n) is 17.9. The number of hydrogen-bond donors (Lipinski definition) is 1. The molecule has 8 rings (SSSR count). The van der Waals surface area contributed by atoms with Gasteiger partial charge in [-0.1, -0.05) is 11.6 Å². The van der Waals surface area contributed by atoms with Gasteiger partial charge in [0.1, 0.15) is 12.4 Å². The molecule has 16 heteroatoms. The average molecular weight is 745 g/mol. The van der Waals surface area contributed by atoms with Crippen molar-refractivity contribution < 1.29 is 31.8 Å². The van der Waals surface area contributed by atoms with Crippen LogP contribution in [0.1, 0.15) is 88.8 Å². The maximum absolute atomic E-state index is 14.3. The largest absolute Gasteiger partial charge is 0.461 e. The highest BCUT2D eigenvalue weighted by molar-refractivity contribution is 6.31. The third-order valence-electron chi connectivity index (χ3n) is 11.3. The van der Waals surface area contributed by atoms with Gasteiger partial charge in [0, 0.05) is 56.0 Å². The minimum atomic E-state index is -4.74. The molecule has 0 unspecified atom stereocenters. The number of alkyl halides is 3. The lowest BCUT2D eigenvalue weighted by Crippen LogP contribution is -2.43. The first kappa shape index (κ1) is 35.1. The summed E-state index contributed by atoms with van der Waals surface area (Å²) in [5.74, 6) is 0.493. The summed E-state index contributed by atoms with van der Waals surface area (Å²) in [5.41, 5.74) is 8.57. The van der Waals surface area contributed by atoms with E-state index >= 15 is 0 Å². The molecular formula is C36H41ClF4N8O3. The fourth-order valence-electron chi connectivity index (χ4n) is 8.71. The minimum absolute atomic E-state index is 0.00460. The summed E-state index contributed by atoms with van der Waals surface area (Å²) in [6.45, 7) is 6.52. The Hall–Kier alpha value is -3.95. The van der Waals surface area contributed by atoms with E-state index in [0.717, 1.165) is 68.2 Å². The van der Waals surface area contributed by atoms with Crippen molar-refractivity contribution in [2.24, 2.45) is 0 Å². The molecule has 278 valence electrons. The minimum Gasteiger partial charge on any atom is -0.461 e. The van der Waals surface area contributed by atoms with Gasteiger partial charge in [0.25, 0.3) is 5.91 Å². The van der Waals surface area contributed by atoms with E-state index in [1.54, 1.807) is 0 Å². The number of carbonyl (C=O) groups is 1. The van der Waals surface area contributed by atoms with Crippen molar-refractivity contribution in [1.29, 1.82) is 0 Å². The number of anilines is 2. The molecule has 0 bridgehead atoms. The van der Waals surface area contributed by atoms with Crippen LogP contribution in [0.5, 0.6) is 6.01 Å². The molecule has 2 N–H and O–H groups in total. The normalized spacial score (nSPS) is 24.3. The molecule has 11 nitrogen and oxygen atoms in total. The third-order valence-corrected chi connectivity index (χ3v) is 11.6. The maximum atomic E-state index is 14.3. The fourth-order valence-corrected chi connectivity index (χ4v) is 9.05. The van der Waals surface area contributed by atoms with Gasteiger partial charge in [-0.25, -0.2) is 4.39 Å². The number of nitrogen functional groups attached to an aromatic ring is 1. The second kappa shape index (κ2) is 13.5. The number of likely N-dealkylation sites (tertiary alicyclic amines) is 1. The van der Waals surface area contributed by atoms with Crippen LogP contribution in [0.25, 0.3) is 0 Å². The molecule has 0 radical (unpaired) electrons. The number of carbonyl (C=O) groups excluding carboxylic acids is 1. The highest BCUT2D eigenvalue weighted by Crippen LogP contribution is 2.45. The summed E-state index contributed by atoms with van der Waals surface area (Å²) in [7, 11) is 0. The number of amides is 1. The molecule has 3 aromatic rings. The van der Waals surface area contributed by atoms with Crippen molar-refractivity contribution in [1.82, 2.24) is 29.5 Å². The van der Waals surface area contributed by atoms with Crippen LogP contribution in [0.3, 0.4) is 0 Å². The molecule has 2 aromatic heterocycles. The number of aromatic nitrogens is 4. The topological polar surface area (TPSA) is 115 Å². The average Bonchev–Trinajstić information content (AvgIpc) is 3.88. The Morgan fingerprint density at radius 2 is 1.92 bits per heavy atom. The van der Waals surface area contributed by atoms with E-state index in [4.69, 9.17) is 41.9 Å². The van der Waals surface area contributed by atoms with Crippen molar-refractivity contribution in [2.45, 2.75) is 89.4 Å². The Bertz CT molecular complexity index is 1930. The maximum Gasteiger partial charge on any atom is 0.418 e. The van der Waals surface area contributed by atoms with Gasteiger partial charge in [-0.2, -0.15) is 28.2 Å². The smallest absolute Gasteiger partial charge is 0.418 e. The van der Waals surface area contributed by atoms with E-state index in [0.29, 0.717) is 68.1 Å². The zero-order chi connectivity index (χ0) is 36.4. The van der Waals surface area contributed by atoms with E-state index < -0.39 is 22.9 Å². The Labute approximate surface area is 303 Å². The number of halogens is 5. The first-order valence-corrected chi connectivity index (χ1v) is 18.3. The van der Waals surface area contributed by atoms with Crippen molar-refractivity contribution in [3.63, 3.8) is 0 Å². The van der Waals surface area contributed by atoms with Gasteiger partial charge in [-0.3, -0.25) is 14.4 Å². The van der Waals surface area contributed by atoms with Crippen LogP contribution >= 0.6 is 11.6 Å². The first-order chi connectivity index (χ1) is 24.9. The van der Waals surface area contributed by atoms with E-state index in [-0.39, 0.29) is 48.3 Å². The molecule has 2 atom stereocenters. The van der Waals surface area contributed by atoms with Crippen molar-refractivity contribution in [3.8, 4) is 6.01 Å². The van der Waals surface area contributed by atoms with Crippen LogP contribution in [0.2, 0.25) is 5.02 Å². The number of hydrogen-bond acceptors (Lipinski definition) is 9. The van der Waals surface area contributed by atoms with Crippen LogP contribution in [0, 0.1) is 6.92 Å². The van der Waals surface area contributed by atoms with Gasteiger partial charge in [-0.15, -0.1) is 0 Å². The molecule has 3 saturated heterocycles. The van der Waals surface area contributed by atoms with Gasteiger partial charge in [0.15, 0.2) is 5.69 Å². The Kier molecular flexibility index (Phi) is 9.10. The Balaban J connectivity index is 1.15. The zero-order valence-corrected chi connectivity index (χ0v) is 29.7. The van der Waals surface area contributed by atoms with Gasteiger partial charge >= 0.3 is 12.2 Å². The standard InChI is InChI=1S/C36H41ClF4N8O3/c1-21-28-18-47(9-5-11-49(28)45-31(21)33(50)46-7-2-3-8-46)32-25-19-51-29(24-12-23(42)13-26(37)30(24)36(39,40)41)14-27(25)43-34(44-32)52-20-35-6-4-10-48(35)17-22(15-35)16-38/h12-13,16,29H,2-11,14-15,17-20,42H2,1H3/b22-16-/t29-,35-/m0/s1. The molecule has 0 aliphatic carbocycles. The molecule has 5 aliphatic heterocycles. The van der Waals surface area contributed by atoms with E-state index in [9.17, 15) is 22.4 Å². The lowest BCUT2D eigenvalue weighted by Gasteiger charge is -2.33. The summed E-state index contributed by atoms with van der Waals surface area (Å²) >= 11 is 6.12. The Morgan fingerprint density at radius 1 is 1.12 bits per heavy atom. The molecule has 5 aliphatic rings. The quantitative estimate of drug-likeness (QED) is 0.234. The van der Waals surface area contributed by atoms with Crippen LogP contribution in [-0.2, 0) is 37.0 Å². The number of nitrogens with two attached hydrogens (primary N) is 1. The van der Waals surface area contributed by atoms with Crippen LogP contribution in [0.15, 0.2) is 24.0 Å². The molecule has 1 amide bonds. The van der Waals surface area contributed by atoms with Crippen molar-refractivity contribution >= 4 is 29.0 Å². The molecular weight excluding hydrogens is 704 g/mol. The molecule has 3 fully saturated rings. The molecule has 1 aromatic carbocycles. The highest BCUT2D eigenvalue weighted by Gasteiger charge is 2.47. The van der Waals surface area contributed by atoms with Gasteiger partial charge in [-0.05, 0) is 75.3 Å². The molecule has 7 heterocycles. The predicted octanol–water partition coefficient (Wildman–Crippen LogP) is 6.17. The summed E-state index contributed by atoms with van der Waals surface area (Å²) in [6, 6.07) is 2.44. The van der Waals surface area contributed by atoms with Crippen LogP contribution in [-0.4, -0.2) is 80.3 Å². The molecule has 52 heavy (non-hydrogen) atoms. The SMILES string of the molecule is Cc1c(C(=O)N2CCCC2)nn2c1CN(c1nc(OC[C@@]34CCCN3C/C(=C\F)C4)nc3c1CO[C@H](c1cc(N)cc(Cl)c1C(F)(F)F)C3)CCC2. The predicted molar refractivity (Wildman–Crippen MR) is 185 cm³/mol. The second-order valence-electron chi connectivity index (χ2n) is 14.6. The highest BCUT2D eigenvalue weighted by atomic mass is 35.5. The second-order valence-corrected chi connectivity index (χ2v) is 15.0. The Morgan fingerprint density at radius 3 is 2.69 bits per heavy atom. The zero-order valence-electron chi connectivity index (χ0n) is 28.9. The number of aryl methyl sites for hydroxylation is 1. The number of ether oxygens (including phenoxy) is 2. The monoisotopic (exact) mass is 744 g/mol. The molecule has 0 saturated carbocycles.